The molecule has 4 atom stereocenters. The maximum absolute atomic E-state index is 13.5. The SMILES string of the molecule is CC[C@H]1O[C@@H](n2cc(F)c(=O)[nH]c2=O)C2OC(C)(C)O[C@H]21. The number of fused-ring (bicyclic) bond motifs is 1. The Bertz CT molecular complexity index is 667. The number of halogens is 1. The summed E-state index contributed by atoms with van der Waals surface area (Å²) >= 11 is 0. The summed E-state index contributed by atoms with van der Waals surface area (Å²) in [6, 6.07) is 0. The lowest BCUT2D eigenvalue weighted by molar-refractivity contribution is -0.197. The van der Waals surface area contributed by atoms with Crippen molar-refractivity contribution in [1.29, 1.82) is 0 Å². The predicted molar refractivity (Wildman–Crippen MR) is 69.3 cm³/mol. The molecule has 1 unspecified atom stereocenters. The van der Waals surface area contributed by atoms with Crippen molar-refractivity contribution < 1.29 is 18.6 Å². The smallest absolute Gasteiger partial charge is 0.330 e. The van der Waals surface area contributed by atoms with Gasteiger partial charge in [0.2, 0.25) is 5.82 Å². The Kier molecular flexibility index (Phi) is 3.27. The molecule has 0 saturated carbocycles. The van der Waals surface area contributed by atoms with Gasteiger partial charge in [0, 0.05) is 0 Å². The van der Waals surface area contributed by atoms with E-state index in [0.717, 1.165) is 10.8 Å². The van der Waals surface area contributed by atoms with Gasteiger partial charge >= 0.3 is 5.69 Å². The molecule has 7 nitrogen and oxygen atoms in total. The Morgan fingerprint density at radius 3 is 2.67 bits per heavy atom. The van der Waals surface area contributed by atoms with Crippen LogP contribution in [0.4, 0.5) is 4.39 Å². The fraction of sp³-hybridized carbons (Fsp3) is 0.692. The van der Waals surface area contributed by atoms with E-state index in [1.165, 1.54) is 0 Å². The molecule has 3 heterocycles. The Morgan fingerprint density at radius 1 is 1.33 bits per heavy atom. The molecule has 1 aromatic heterocycles. The first-order chi connectivity index (χ1) is 9.82. The van der Waals surface area contributed by atoms with Crippen LogP contribution >= 0.6 is 0 Å². The molecule has 1 aromatic rings. The predicted octanol–water partition coefficient (Wildman–Crippen LogP) is 0.503. The molecule has 3 rings (SSSR count). The minimum absolute atomic E-state index is 0.260. The third-order valence-electron chi connectivity index (χ3n) is 3.73. The number of H-pyrrole nitrogens is 1. The van der Waals surface area contributed by atoms with E-state index in [9.17, 15) is 14.0 Å². The Labute approximate surface area is 119 Å². The highest BCUT2D eigenvalue weighted by molar-refractivity contribution is 4.99. The van der Waals surface area contributed by atoms with Gasteiger partial charge in [-0.05, 0) is 20.3 Å². The van der Waals surface area contributed by atoms with Gasteiger partial charge in [0.1, 0.15) is 12.2 Å². The second kappa shape index (κ2) is 4.75. The van der Waals surface area contributed by atoms with Gasteiger partial charge < -0.3 is 14.2 Å². The number of aromatic nitrogens is 2. The van der Waals surface area contributed by atoms with Crippen molar-refractivity contribution in [3.8, 4) is 0 Å². The van der Waals surface area contributed by atoms with E-state index in [1.54, 1.807) is 13.8 Å². The van der Waals surface area contributed by atoms with Crippen LogP contribution in [-0.2, 0) is 14.2 Å². The first-order valence-corrected chi connectivity index (χ1v) is 6.84. The van der Waals surface area contributed by atoms with E-state index in [0.29, 0.717) is 6.42 Å². The molecule has 0 aromatic carbocycles. The van der Waals surface area contributed by atoms with Crippen LogP contribution in [0.1, 0.15) is 33.4 Å². The van der Waals surface area contributed by atoms with Crippen LogP contribution in [0, 0.1) is 5.82 Å². The van der Waals surface area contributed by atoms with E-state index < -0.39 is 35.2 Å². The van der Waals surface area contributed by atoms with Gasteiger partial charge in [-0.25, -0.2) is 4.79 Å². The van der Waals surface area contributed by atoms with Crippen LogP contribution in [0.2, 0.25) is 0 Å². The molecule has 0 radical (unpaired) electrons. The summed E-state index contributed by atoms with van der Waals surface area (Å²) in [5, 5.41) is 0. The highest BCUT2D eigenvalue weighted by Gasteiger charge is 2.55. The normalized spacial score (nSPS) is 34.1. The van der Waals surface area contributed by atoms with Crippen LogP contribution in [-0.4, -0.2) is 33.7 Å². The highest BCUT2D eigenvalue weighted by Crippen LogP contribution is 2.43. The molecular weight excluding hydrogens is 283 g/mol. The average Bonchev–Trinajstić information content (AvgIpc) is 2.87. The lowest BCUT2D eigenvalue weighted by atomic mass is 10.1. The van der Waals surface area contributed by atoms with Gasteiger partial charge in [-0.2, -0.15) is 4.39 Å². The highest BCUT2D eigenvalue weighted by atomic mass is 19.1. The summed E-state index contributed by atoms with van der Waals surface area (Å²) in [6.45, 7) is 5.46. The first kappa shape index (κ1) is 14.4. The monoisotopic (exact) mass is 300 g/mol. The fourth-order valence-corrected chi connectivity index (χ4v) is 2.86. The van der Waals surface area contributed by atoms with Gasteiger partial charge in [0.15, 0.2) is 12.0 Å². The number of ether oxygens (including phenoxy) is 3. The number of aromatic amines is 1. The van der Waals surface area contributed by atoms with Crippen molar-refractivity contribution in [3.63, 3.8) is 0 Å². The van der Waals surface area contributed by atoms with E-state index in [1.807, 2.05) is 11.9 Å². The third kappa shape index (κ3) is 2.33. The maximum Gasteiger partial charge on any atom is 0.330 e. The number of nitrogens with zero attached hydrogens (tertiary/aromatic N) is 1. The molecular formula is C13H17FN2O5. The lowest BCUT2D eigenvalue weighted by Gasteiger charge is -2.24. The summed E-state index contributed by atoms with van der Waals surface area (Å²) < 4.78 is 31.8. The summed E-state index contributed by atoms with van der Waals surface area (Å²) in [5.74, 6) is -1.84. The minimum atomic E-state index is -1.05. The summed E-state index contributed by atoms with van der Waals surface area (Å²) in [4.78, 5) is 24.9. The summed E-state index contributed by atoms with van der Waals surface area (Å²) in [6.07, 6.45) is -0.457. The number of rotatable bonds is 2. The van der Waals surface area contributed by atoms with Crippen molar-refractivity contribution in [2.45, 2.75) is 57.5 Å². The fourth-order valence-electron chi connectivity index (χ4n) is 2.86. The van der Waals surface area contributed by atoms with Crippen LogP contribution in [0.15, 0.2) is 15.8 Å². The van der Waals surface area contributed by atoms with Gasteiger partial charge in [0.05, 0.1) is 12.3 Å². The molecule has 0 bridgehead atoms. The van der Waals surface area contributed by atoms with Crippen LogP contribution in [0.5, 0.6) is 0 Å². The average molecular weight is 300 g/mol. The molecule has 1 N–H and O–H groups in total. The Balaban J connectivity index is 2.01. The first-order valence-electron chi connectivity index (χ1n) is 6.84. The zero-order valence-corrected chi connectivity index (χ0v) is 12.0. The largest absolute Gasteiger partial charge is 0.349 e. The van der Waals surface area contributed by atoms with Crippen LogP contribution < -0.4 is 11.2 Å². The quantitative estimate of drug-likeness (QED) is 0.860. The molecule has 2 aliphatic rings. The molecule has 116 valence electrons. The van der Waals surface area contributed by atoms with Crippen molar-refractivity contribution in [3.05, 3.63) is 32.9 Å². The van der Waals surface area contributed by atoms with Crippen molar-refractivity contribution in [2.75, 3.05) is 0 Å². The van der Waals surface area contributed by atoms with Crippen molar-refractivity contribution >= 4 is 0 Å². The van der Waals surface area contributed by atoms with Gasteiger partial charge in [0.25, 0.3) is 5.56 Å². The van der Waals surface area contributed by atoms with Crippen LogP contribution in [0.3, 0.4) is 0 Å². The second-order valence-electron chi connectivity index (χ2n) is 5.68. The van der Waals surface area contributed by atoms with E-state index in [2.05, 4.69) is 0 Å². The molecule has 2 aliphatic heterocycles. The molecule has 0 spiro atoms. The zero-order valence-electron chi connectivity index (χ0n) is 12.0. The Morgan fingerprint density at radius 2 is 2.00 bits per heavy atom. The standard InChI is InChI=1S/C13H17FN2O5/c1-4-7-8-9(21-13(2,3)20-8)11(19-7)16-5-6(14)10(17)15-12(16)18/h5,7-9,11H,4H2,1-3H3,(H,15,17,18)/t7-,8+,9?,11-/m1/s1. The minimum Gasteiger partial charge on any atom is -0.349 e. The second-order valence-corrected chi connectivity index (χ2v) is 5.68. The van der Waals surface area contributed by atoms with Crippen molar-refractivity contribution in [2.24, 2.45) is 0 Å². The van der Waals surface area contributed by atoms with Gasteiger partial charge in [-0.1, -0.05) is 6.92 Å². The molecule has 8 heteroatoms. The number of nitrogens with one attached hydrogen (secondary N) is 1. The number of hydrogen-bond acceptors (Lipinski definition) is 5. The lowest BCUT2D eigenvalue weighted by Crippen LogP contribution is -2.38. The molecule has 21 heavy (non-hydrogen) atoms. The number of hydrogen-bond donors (Lipinski definition) is 1. The van der Waals surface area contributed by atoms with E-state index in [-0.39, 0.29) is 12.2 Å². The Hall–Kier alpha value is -1.51. The third-order valence-corrected chi connectivity index (χ3v) is 3.73. The molecule has 0 amide bonds. The maximum atomic E-state index is 13.5. The van der Waals surface area contributed by atoms with E-state index >= 15 is 0 Å². The van der Waals surface area contributed by atoms with Gasteiger partial charge in [-0.15, -0.1) is 0 Å². The zero-order chi connectivity index (χ0) is 15.4. The molecule has 2 fully saturated rings. The topological polar surface area (TPSA) is 82.6 Å². The summed E-state index contributed by atoms with van der Waals surface area (Å²) in [7, 11) is 0. The molecule has 2 saturated heterocycles. The van der Waals surface area contributed by atoms with Crippen molar-refractivity contribution in [1.82, 2.24) is 9.55 Å². The van der Waals surface area contributed by atoms with Gasteiger partial charge in [-0.3, -0.25) is 14.3 Å². The van der Waals surface area contributed by atoms with Crippen LogP contribution in [0.25, 0.3) is 0 Å². The van der Waals surface area contributed by atoms with E-state index in [4.69, 9.17) is 14.2 Å². The molecule has 0 aliphatic carbocycles. The summed E-state index contributed by atoms with van der Waals surface area (Å²) in [5.41, 5.74) is -1.79.